The van der Waals surface area contributed by atoms with Gasteiger partial charge in [-0.1, -0.05) is 11.6 Å². The number of benzene rings is 1. The smallest absolute Gasteiger partial charge is 0.277 e. The zero-order valence-electron chi connectivity index (χ0n) is 9.01. The van der Waals surface area contributed by atoms with E-state index in [9.17, 15) is 8.42 Å². The van der Waals surface area contributed by atoms with Crippen molar-refractivity contribution in [2.45, 2.75) is 11.9 Å². The largest absolute Gasteiger partial charge is 0.355 e. The van der Waals surface area contributed by atoms with E-state index in [0.717, 1.165) is 16.5 Å². The first-order chi connectivity index (χ1) is 7.39. The van der Waals surface area contributed by atoms with Crippen LogP contribution in [-0.2, 0) is 17.2 Å². The fourth-order valence-corrected chi connectivity index (χ4v) is 2.45. The van der Waals surface area contributed by atoms with E-state index >= 15 is 0 Å². The minimum Gasteiger partial charge on any atom is -0.277 e. The highest BCUT2D eigenvalue weighted by atomic mass is 32.2. The molecule has 1 aromatic carbocycles. The Morgan fingerprint density at radius 3 is 2.50 bits per heavy atom. The van der Waals surface area contributed by atoms with Gasteiger partial charge in [0.15, 0.2) is 0 Å². The molecule has 2 aromatic rings. The average molecular weight is 238 g/mol. The molecule has 4 nitrogen and oxygen atoms in total. The molecule has 16 heavy (non-hydrogen) atoms. The Morgan fingerprint density at radius 1 is 1.19 bits per heavy atom. The van der Waals surface area contributed by atoms with Crippen LogP contribution in [0, 0.1) is 6.92 Å². The minimum atomic E-state index is -4.17. The van der Waals surface area contributed by atoms with Gasteiger partial charge in [0.25, 0.3) is 0 Å². The Balaban J connectivity index is 2.86. The first-order valence-electron chi connectivity index (χ1n) is 4.76. The molecule has 0 bridgehead atoms. The highest BCUT2D eigenvalue weighted by molar-refractivity contribution is 7.85. The maximum atomic E-state index is 11.1. The lowest BCUT2D eigenvalue weighted by atomic mass is 10.1. The van der Waals surface area contributed by atoms with E-state index in [1.807, 2.05) is 25.1 Å². The molecular formula is C11H12NO3S+. The summed E-state index contributed by atoms with van der Waals surface area (Å²) in [4.78, 5) is 0. The quantitative estimate of drug-likeness (QED) is 0.600. The van der Waals surface area contributed by atoms with Gasteiger partial charge in [-0.15, -0.1) is 0 Å². The SMILES string of the molecule is Cc1ccc2c(ccc(S(=O)(=O)O)[n+]2C)c1. The molecule has 1 heterocycles. The lowest BCUT2D eigenvalue weighted by Gasteiger charge is -2.01. The molecular weight excluding hydrogens is 226 g/mol. The van der Waals surface area contributed by atoms with E-state index in [1.165, 1.54) is 10.6 Å². The number of rotatable bonds is 1. The lowest BCUT2D eigenvalue weighted by molar-refractivity contribution is -0.684. The molecule has 0 fully saturated rings. The zero-order valence-corrected chi connectivity index (χ0v) is 9.82. The second kappa shape index (κ2) is 3.54. The molecule has 0 amide bonds. The summed E-state index contributed by atoms with van der Waals surface area (Å²) in [5, 5.41) is 0.832. The first-order valence-corrected chi connectivity index (χ1v) is 6.20. The van der Waals surface area contributed by atoms with Gasteiger partial charge in [-0.2, -0.15) is 13.0 Å². The van der Waals surface area contributed by atoms with Crippen molar-refractivity contribution in [3.8, 4) is 0 Å². The number of aromatic nitrogens is 1. The van der Waals surface area contributed by atoms with Crippen LogP contribution in [0.4, 0.5) is 0 Å². The predicted octanol–water partition coefficient (Wildman–Crippen LogP) is 1.22. The van der Waals surface area contributed by atoms with Crippen molar-refractivity contribution in [2.75, 3.05) is 0 Å². The van der Waals surface area contributed by atoms with Gasteiger partial charge >= 0.3 is 15.1 Å². The monoisotopic (exact) mass is 238 g/mol. The maximum Gasteiger partial charge on any atom is 0.355 e. The second-order valence-electron chi connectivity index (χ2n) is 3.77. The molecule has 0 aliphatic heterocycles. The molecule has 0 atom stereocenters. The van der Waals surface area contributed by atoms with Gasteiger partial charge in [0.05, 0.1) is 0 Å². The summed E-state index contributed by atoms with van der Waals surface area (Å²) in [6.45, 7) is 1.97. The van der Waals surface area contributed by atoms with Gasteiger partial charge in [0, 0.05) is 17.5 Å². The Bertz CT molecular complexity index is 662. The number of hydrogen-bond acceptors (Lipinski definition) is 2. The van der Waals surface area contributed by atoms with Gasteiger partial charge in [0.1, 0.15) is 7.05 Å². The molecule has 84 valence electrons. The number of aryl methyl sites for hydroxylation is 2. The Morgan fingerprint density at radius 2 is 1.88 bits per heavy atom. The second-order valence-corrected chi connectivity index (χ2v) is 5.14. The molecule has 0 aliphatic rings. The third-order valence-corrected chi connectivity index (χ3v) is 3.48. The van der Waals surface area contributed by atoms with E-state index in [2.05, 4.69) is 0 Å². The van der Waals surface area contributed by atoms with E-state index in [1.54, 1.807) is 13.1 Å². The van der Waals surface area contributed by atoms with Gasteiger partial charge < -0.3 is 0 Å². The molecule has 0 spiro atoms. The summed E-state index contributed by atoms with van der Waals surface area (Å²) in [6.07, 6.45) is 0. The van der Waals surface area contributed by atoms with Crippen LogP contribution in [0.3, 0.4) is 0 Å². The molecule has 5 heteroatoms. The van der Waals surface area contributed by atoms with Crippen molar-refractivity contribution in [2.24, 2.45) is 7.05 Å². The zero-order chi connectivity index (χ0) is 11.9. The van der Waals surface area contributed by atoms with Crippen molar-refractivity contribution in [1.82, 2.24) is 0 Å². The molecule has 1 N–H and O–H groups in total. The standard InChI is InChI=1S/C11H11NO3S/c1-8-3-5-10-9(7-8)4-6-11(12(10)2)16(13,14)15/h3-7H,1-2H3/p+1. The molecule has 0 aliphatic carbocycles. The topological polar surface area (TPSA) is 58.3 Å². The van der Waals surface area contributed by atoms with Crippen LogP contribution >= 0.6 is 0 Å². The summed E-state index contributed by atoms with van der Waals surface area (Å²) in [7, 11) is -2.56. The first kappa shape index (κ1) is 11.0. The summed E-state index contributed by atoms with van der Waals surface area (Å²) in [5.41, 5.74) is 1.87. The van der Waals surface area contributed by atoms with E-state index in [4.69, 9.17) is 4.55 Å². The predicted molar refractivity (Wildman–Crippen MR) is 59.7 cm³/mol. The highest BCUT2D eigenvalue weighted by Crippen LogP contribution is 2.14. The number of nitrogens with zero attached hydrogens (tertiary/aromatic N) is 1. The fraction of sp³-hybridized carbons (Fsp3) is 0.182. The lowest BCUT2D eigenvalue weighted by Crippen LogP contribution is -2.36. The molecule has 0 saturated carbocycles. The number of fused-ring (bicyclic) bond motifs is 1. The van der Waals surface area contributed by atoms with Crippen LogP contribution in [0.2, 0.25) is 0 Å². The molecule has 0 radical (unpaired) electrons. The Kier molecular flexibility index (Phi) is 2.44. The van der Waals surface area contributed by atoms with Crippen LogP contribution in [0.1, 0.15) is 5.56 Å². The third-order valence-electron chi connectivity index (χ3n) is 2.54. The minimum absolute atomic E-state index is 0.108. The van der Waals surface area contributed by atoms with Crippen LogP contribution in [0.5, 0.6) is 0 Å². The third kappa shape index (κ3) is 1.79. The Labute approximate surface area is 93.9 Å². The van der Waals surface area contributed by atoms with Crippen LogP contribution in [0.15, 0.2) is 35.4 Å². The van der Waals surface area contributed by atoms with Crippen molar-refractivity contribution in [3.05, 3.63) is 35.9 Å². The summed E-state index contributed by atoms with van der Waals surface area (Å²) in [5.74, 6) is 0. The van der Waals surface area contributed by atoms with Gasteiger partial charge in [-0.25, -0.2) is 0 Å². The fourth-order valence-electron chi connectivity index (χ4n) is 1.76. The normalized spacial score (nSPS) is 11.9. The van der Waals surface area contributed by atoms with Gasteiger partial charge in [0.2, 0.25) is 5.52 Å². The molecule has 2 rings (SSSR count). The molecule has 1 aromatic heterocycles. The molecule has 0 saturated heterocycles. The van der Waals surface area contributed by atoms with Crippen LogP contribution in [-0.4, -0.2) is 13.0 Å². The van der Waals surface area contributed by atoms with Crippen molar-refractivity contribution >= 4 is 21.0 Å². The highest BCUT2D eigenvalue weighted by Gasteiger charge is 2.22. The summed E-state index contributed by atoms with van der Waals surface area (Å²) >= 11 is 0. The van der Waals surface area contributed by atoms with Crippen LogP contribution in [0.25, 0.3) is 10.9 Å². The van der Waals surface area contributed by atoms with E-state index in [0.29, 0.717) is 0 Å². The van der Waals surface area contributed by atoms with Crippen LogP contribution < -0.4 is 4.57 Å². The van der Waals surface area contributed by atoms with Gasteiger partial charge in [-0.05, 0) is 19.1 Å². The summed E-state index contributed by atoms with van der Waals surface area (Å²) < 4.78 is 32.7. The summed E-state index contributed by atoms with van der Waals surface area (Å²) in [6, 6.07) is 8.78. The van der Waals surface area contributed by atoms with E-state index in [-0.39, 0.29) is 5.03 Å². The van der Waals surface area contributed by atoms with Gasteiger partial charge in [-0.3, -0.25) is 4.55 Å². The number of pyridine rings is 1. The maximum absolute atomic E-state index is 11.1. The number of hydrogen-bond donors (Lipinski definition) is 1. The Hall–Kier alpha value is -1.46. The van der Waals surface area contributed by atoms with Crippen molar-refractivity contribution in [3.63, 3.8) is 0 Å². The average Bonchev–Trinajstić information content (AvgIpc) is 2.15. The van der Waals surface area contributed by atoms with Crippen molar-refractivity contribution in [1.29, 1.82) is 0 Å². The van der Waals surface area contributed by atoms with Crippen molar-refractivity contribution < 1.29 is 17.5 Å². The molecule has 0 unspecified atom stereocenters. The van der Waals surface area contributed by atoms with E-state index < -0.39 is 10.1 Å².